The Morgan fingerprint density at radius 1 is 0.743 bits per heavy atom. The van der Waals surface area contributed by atoms with E-state index in [1.807, 2.05) is 6.07 Å². The Balaban J connectivity index is 0.000000228. The van der Waals surface area contributed by atoms with Gasteiger partial charge in [0, 0.05) is 13.0 Å². The Morgan fingerprint density at radius 3 is 1.91 bits per heavy atom. The number of hydrogen-bond acceptors (Lipinski definition) is 1. The topological polar surface area (TPSA) is 20.2 Å². The van der Waals surface area contributed by atoms with E-state index in [0.717, 1.165) is 20.0 Å². The standard InChI is InChI=1S/C18H13.C13H12.CH4O.ClH.Zr/c1-2-8-13(7-1)18-16-11-5-3-9-14(16)15-10-4-6-12-17(15)18;1-3-7-12(8-4-1)11-13-9-5-2-6-10-13;1-2;;/h1-7,9-11,18H,8H2;1-10H,11H2;2H,1H3;1H;/q-1;;;;+2/p-1. The van der Waals surface area contributed by atoms with Crippen LogP contribution in [0.2, 0.25) is 0 Å². The van der Waals surface area contributed by atoms with Crippen molar-refractivity contribution in [1.82, 2.24) is 0 Å². The fraction of sp³-hybridized carbons (Fsp3) is 0.125. The van der Waals surface area contributed by atoms with Gasteiger partial charge >= 0.3 is 26.2 Å². The molecule has 1 unspecified atom stereocenters. The van der Waals surface area contributed by atoms with Gasteiger partial charge in [0.15, 0.2) is 0 Å². The minimum absolute atomic E-state index is 0. The van der Waals surface area contributed by atoms with Crippen LogP contribution in [0.1, 0.15) is 34.6 Å². The Kier molecular flexibility index (Phi) is 12.1. The van der Waals surface area contributed by atoms with Crippen LogP contribution in [0.3, 0.4) is 0 Å². The minimum Gasteiger partial charge on any atom is -1.00 e. The molecule has 1 N–H and O–H groups in total. The first kappa shape index (κ1) is 28.7. The summed E-state index contributed by atoms with van der Waals surface area (Å²) in [5.74, 6) is 0.410. The Morgan fingerprint density at radius 2 is 1.31 bits per heavy atom. The quantitative estimate of drug-likeness (QED) is 0.372. The third-order valence-corrected chi connectivity index (χ3v) is 6.00. The van der Waals surface area contributed by atoms with Crippen molar-refractivity contribution in [3.05, 3.63) is 155 Å². The maximum atomic E-state index is 7.00. The molecule has 4 aromatic carbocycles. The van der Waals surface area contributed by atoms with E-state index in [9.17, 15) is 0 Å². The summed E-state index contributed by atoms with van der Waals surface area (Å²) < 4.78 is 0. The van der Waals surface area contributed by atoms with Crippen LogP contribution in [-0.4, -0.2) is 12.2 Å². The number of benzene rings is 4. The van der Waals surface area contributed by atoms with E-state index in [1.165, 1.54) is 39.0 Å². The molecule has 1 atom stereocenters. The first-order chi connectivity index (χ1) is 16.4. The summed E-state index contributed by atoms with van der Waals surface area (Å²) in [6, 6.07) is 39.6. The molecule has 0 fully saturated rings. The molecule has 0 heterocycles. The molecule has 0 spiro atoms. The molecule has 0 bridgehead atoms. The number of aliphatic hydroxyl groups is 1. The Hall–Kier alpha value is -2.51. The average Bonchev–Trinajstić information content (AvgIpc) is 3.53. The van der Waals surface area contributed by atoms with Crippen molar-refractivity contribution in [2.75, 3.05) is 7.11 Å². The van der Waals surface area contributed by atoms with E-state index >= 15 is 0 Å². The van der Waals surface area contributed by atoms with Crippen molar-refractivity contribution < 1.29 is 43.7 Å². The van der Waals surface area contributed by atoms with Gasteiger partial charge in [0.25, 0.3) is 0 Å². The Labute approximate surface area is 234 Å². The summed E-state index contributed by atoms with van der Waals surface area (Å²) in [6.07, 6.45) is 8.76. The number of allylic oxidation sites excluding steroid dienone is 4. The molecule has 35 heavy (non-hydrogen) atoms. The Bertz CT molecular complexity index is 1150. The van der Waals surface area contributed by atoms with Gasteiger partial charge in [-0.25, -0.2) is 0 Å². The zero-order valence-electron chi connectivity index (χ0n) is 19.9. The summed E-state index contributed by atoms with van der Waals surface area (Å²) in [6.45, 7) is 0. The van der Waals surface area contributed by atoms with Gasteiger partial charge in [0.1, 0.15) is 0 Å². The molecule has 0 aromatic heterocycles. The average molecular weight is 556 g/mol. The zero-order valence-corrected chi connectivity index (χ0v) is 23.1. The summed E-state index contributed by atoms with van der Waals surface area (Å²) in [5, 5.41) is 7.00. The molecule has 174 valence electrons. The molecule has 0 radical (unpaired) electrons. The largest absolute Gasteiger partial charge is 2.00 e. The summed E-state index contributed by atoms with van der Waals surface area (Å²) >= 11 is 0. The number of hydrogen-bond donors (Lipinski definition) is 1. The van der Waals surface area contributed by atoms with Crippen molar-refractivity contribution in [3.63, 3.8) is 0 Å². The molecule has 2 aliphatic rings. The smallest absolute Gasteiger partial charge is 1.00 e. The molecule has 0 aliphatic heterocycles. The normalized spacial score (nSPS) is 13.9. The van der Waals surface area contributed by atoms with E-state index in [2.05, 4.69) is 121 Å². The zero-order chi connectivity index (χ0) is 22.9. The molecular formula is C32H29ClOZr. The van der Waals surface area contributed by atoms with Gasteiger partial charge in [-0.1, -0.05) is 114 Å². The summed E-state index contributed by atoms with van der Waals surface area (Å²) in [5.41, 5.74) is 9.73. The van der Waals surface area contributed by atoms with Crippen molar-refractivity contribution in [2.45, 2.75) is 18.8 Å². The van der Waals surface area contributed by atoms with Gasteiger partial charge < -0.3 is 17.5 Å². The van der Waals surface area contributed by atoms with Gasteiger partial charge in [0.05, 0.1) is 0 Å². The third-order valence-electron chi connectivity index (χ3n) is 6.00. The van der Waals surface area contributed by atoms with Crippen LogP contribution in [-0.2, 0) is 32.6 Å². The van der Waals surface area contributed by atoms with Crippen LogP contribution in [0.5, 0.6) is 0 Å². The van der Waals surface area contributed by atoms with E-state index < -0.39 is 0 Å². The monoisotopic (exact) mass is 554 g/mol. The van der Waals surface area contributed by atoms with Crippen molar-refractivity contribution in [2.24, 2.45) is 0 Å². The molecule has 0 saturated carbocycles. The first-order valence-corrected chi connectivity index (χ1v) is 11.4. The number of halogens is 1. The van der Waals surface area contributed by atoms with Gasteiger partial charge in [0.2, 0.25) is 0 Å². The van der Waals surface area contributed by atoms with Crippen LogP contribution >= 0.6 is 0 Å². The maximum absolute atomic E-state index is 7.00. The fourth-order valence-corrected chi connectivity index (χ4v) is 4.56. The number of rotatable bonds is 3. The number of fused-ring (bicyclic) bond motifs is 3. The second-order valence-corrected chi connectivity index (χ2v) is 8.04. The molecular weight excluding hydrogens is 527 g/mol. The van der Waals surface area contributed by atoms with Gasteiger partial charge in [-0.2, -0.15) is 24.3 Å². The van der Waals surface area contributed by atoms with E-state index in [0.29, 0.717) is 5.92 Å². The van der Waals surface area contributed by atoms with Crippen molar-refractivity contribution in [1.29, 1.82) is 0 Å². The second-order valence-electron chi connectivity index (χ2n) is 8.04. The first-order valence-electron chi connectivity index (χ1n) is 11.4. The second kappa shape index (κ2) is 14.8. The predicted molar refractivity (Wildman–Crippen MR) is 138 cm³/mol. The predicted octanol–water partition coefficient (Wildman–Crippen LogP) is 4.37. The van der Waals surface area contributed by atoms with Crippen LogP contribution < -0.4 is 12.4 Å². The van der Waals surface area contributed by atoms with Gasteiger partial charge in [-0.15, -0.1) is 11.1 Å². The summed E-state index contributed by atoms with van der Waals surface area (Å²) in [7, 11) is 1.00. The molecule has 4 aromatic rings. The number of aliphatic hydroxyl groups excluding tert-OH is 1. The van der Waals surface area contributed by atoms with Gasteiger partial charge in [-0.3, -0.25) is 0 Å². The molecule has 1 nitrogen and oxygen atoms in total. The van der Waals surface area contributed by atoms with Crippen LogP contribution in [0.25, 0.3) is 11.1 Å². The maximum Gasteiger partial charge on any atom is 2.00 e. The minimum atomic E-state index is 0. The molecule has 0 amide bonds. The molecule has 6 rings (SSSR count). The van der Waals surface area contributed by atoms with Crippen molar-refractivity contribution in [3.8, 4) is 11.1 Å². The van der Waals surface area contributed by atoms with E-state index in [-0.39, 0.29) is 38.6 Å². The van der Waals surface area contributed by atoms with Crippen molar-refractivity contribution >= 4 is 0 Å². The van der Waals surface area contributed by atoms with Crippen LogP contribution in [0.15, 0.2) is 127 Å². The van der Waals surface area contributed by atoms with E-state index in [1.54, 1.807) is 0 Å². The molecule has 0 saturated heterocycles. The van der Waals surface area contributed by atoms with Crippen LogP contribution in [0, 0.1) is 6.07 Å². The molecule has 2 aliphatic carbocycles. The summed E-state index contributed by atoms with van der Waals surface area (Å²) in [4.78, 5) is 0. The van der Waals surface area contributed by atoms with E-state index in [4.69, 9.17) is 5.11 Å². The third kappa shape index (κ3) is 7.01. The van der Waals surface area contributed by atoms with Gasteiger partial charge in [-0.05, 0) is 29.5 Å². The van der Waals surface area contributed by atoms with Crippen LogP contribution in [0.4, 0.5) is 0 Å². The SMILES string of the molecule is CO.[Cl-].[Zr+2].[c-]1cccc2c1C(C1=CC=CC1)c1ccccc1-2.c1ccc(Cc2ccccc2)cc1. The molecule has 3 heteroatoms. The fourth-order valence-electron chi connectivity index (χ4n) is 4.56.